The number of hydrogen-bond donors (Lipinski definition) is 0. The van der Waals surface area contributed by atoms with Crippen molar-refractivity contribution >= 4 is 0 Å². The van der Waals surface area contributed by atoms with Crippen LogP contribution in [0.4, 0.5) is 0 Å². The molecule has 0 aromatic heterocycles. The minimum absolute atomic E-state index is 0.635. The third-order valence-corrected chi connectivity index (χ3v) is 7.50. The lowest BCUT2D eigenvalue weighted by Crippen LogP contribution is -2.73. The standard InChI is InChI=1S/C15H22N2/c1-3-13-8-14-4-2-12-7-10-5-9-6-11(1)16(13)15(9,10)17(12)14/h9-14H,1-8H2. The molecule has 0 bridgehead atoms. The zero-order valence-electron chi connectivity index (χ0n) is 10.5. The van der Waals surface area contributed by atoms with E-state index < -0.39 is 0 Å². The largest absolute Gasteiger partial charge is 0.279 e. The molecule has 6 unspecified atom stereocenters. The maximum atomic E-state index is 3.08. The molecule has 0 amide bonds. The van der Waals surface area contributed by atoms with E-state index in [4.69, 9.17) is 0 Å². The van der Waals surface area contributed by atoms with Crippen molar-refractivity contribution in [2.75, 3.05) is 0 Å². The monoisotopic (exact) mass is 230 g/mol. The molecule has 6 aliphatic rings. The van der Waals surface area contributed by atoms with Gasteiger partial charge in [-0.15, -0.1) is 0 Å². The molecule has 6 atom stereocenters. The first-order valence-electron chi connectivity index (χ1n) is 7.96. The van der Waals surface area contributed by atoms with Gasteiger partial charge >= 0.3 is 0 Å². The Morgan fingerprint density at radius 1 is 0.588 bits per heavy atom. The summed E-state index contributed by atoms with van der Waals surface area (Å²) in [6, 6.07) is 3.97. The van der Waals surface area contributed by atoms with Gasteiger partial charge in [-0.25, -0.2) is 0 Å². The quantitative estimate of drug-likeness (QED) is 0.629. The van der Waals surface area contributed by atoms with E-state index in [9.17, 15) is 0 Å². The lowest BCUT2D eigenvalue weighted by molar-refractivity contribution is -0.182. The zero-order chi connectivity index (χ0) is 10.8. The Bertz CT molecular complexity index is 370. The van der Waals surface area contributed by atoms with Crippen molar-refractivity contribution in [2.45, 2.75) is 81.2 Å². The van der Waals surface area contributed by atoms with Gasteiger partial charge in [-0.05, 0) is 63.2 Å². The van der Waals surface area contributed by atoms with Gasteiger partial charge in [-0.1, -0.05) is 0 Å². The summed E-state index contributed by atoms with van der Waals surface area (Å²) >= 11 is 0. The highest BCUT2D eigenvalue weighted by atomic mass is 15.5. The van der Waals surface area contributed by atoms with Crippen LogP contribution in [0.3, 0.4) is 0 Å². The third kappa shape index (κ3) is 0.710. The topological polar surface area (TPSA) is 6.48 Å². The number of nitrogens with zero attached hydrogens (tertiary/aromatic N) is 2. The van der Waals surface area contributed by atoms with Crippen LogP contribution in [0.1, 0.15) is 51.4 Å². The van der Waals surface area contributed by atoms with Crippen molar-refractivity contribution in [1.29, 1.82) is 0 Å². The van der Waals surface area contributed by atoms with E-state index in [1.807, 2.05) is 0 Å². The molecule has 17 heavy (non-hydrogen) atoms. The number of rotatable bonds is 0. The predicted molar refractivity (Wildman–Crippen MR) is 65.5 cm³/mol. The molecule has 2 heteroatoms. The van der Waals surface area contributed by atoms with Gasteiger partial charge in [0.25, 0.3) is 0 Å². The molecule has 2 nitrogen and oxygen atoms in total. The predicted octanol–water partition coefficient (Wildman–Crippen LogP) is 2.20. The van der Waals surface area contributed by atoms with Crippen molar-refractivity contribution in [2.24, 2.45) is 11.8 Å². The second-order valence-corrected chi connectivity index (χ2v) is 7.70. The van der Waals surface area contributed by atoms with Crippen LogP contribution in [0.2, 0.25) is 0 Å². The SMILES string of the molecule is C1CC2CC3CC4CC5CCC6CC1N2C34N65. The summed E-state index contributed by atoms with van der Waals surface area (Å²) in [7, 11) is 0. The van der Waals surface area contributed by atoms with E-state index in [1.165, 1.54) is 32.1 Å². The maximum absolute atomic E-state index is 3.08. The van der Waals surface area contributed by atoms with E-state index in [2.05, 4.69) is 9.80 Å². The summed E-state index contributed by atoms with van der Waals surface area (Å²) < 4.78 is 0. The Morgan fingerprint density at radius 3 is 1.59 bits per heavy atom. The van der Waals surface area contributed by atoms with Gasteiger partial charge in [0.05, 0.1) is 5.66 Å². The molecule has 1 saturated carbocycles. The van der Waals surface area contributed by atoms with Crippen LogP contribution >= 0.6 is 0 Å². The van der Waals surface area contributed by atoms with Gasteiger partial charge in [0.15, 0.2) is 0 Å². The van der Waals surface area contributed by atoms with Crippen LogP contribution in [-0.2, 0) is 0 Å². The fourth-order valence-corrected chi connectivity index (χ4v) is 7.37. The molecular formula is C15H22N2. The third-order valence-electron chi connectivity index (χ3n) is 7.50. The van der Waals surface area contributed by atoms with E-state index >= 15 is 0 Å². The Labute approximate surface area is 103 Å². The van der Waals surface area contributed by atoms with Gasteiger partial charge in [0, 0.05) is 24.2 Å². The minimum atomic E-state index is 0.635. The molecule has 5 heterocycles. The fourth-order valence-electron chi connectivity index (χ4n) is 7.37. The highest BCUT2D eigenvalue weighted by molar-refractivity contribution is 5.27. The molecule has 0 N–H and O–H groups in total. The van der Waals surface area contributed by atoms with Crippen LogP contribution in [-0.4, -0.2) is 39.6 Å². The Hall–Kier alpha value is -0.0800. The Balaban J connectivity index is 1.59. The van der Waals surface area contributed by atoms with Crippen molar-refractivity contribution in [1.82, 2.24) is 9.80 Å². The summed E-state index contributed by atoms with van der Waals surface area (Å²) in [6.45, 7) is 0. The summed E-state index contributed by atoms with van der Waals surface area (Å²) in [4.78, 5) is 6.15. The van der Waals surface area contributed by atoms with Gasteiger partial charge < -0.3 is 0 Å². The molecule has 1 spiro atoms. The first-order valence-corrected chi connectivity index (χ1v) is 7.96. The highest BCUT2D eigenvalue weighted by Crippen LogP contribution is 2.70. The van der Waals surface area contributed by atoms with Crippen LogP contribution in [0.5, 0.6) is 0 Å². The van der Waals surface area contributed by atoms with E-state index in [0.29, 0.717) is 5.66 Å². The molecule has 6 fully saturated rings. The molecule has 5 saturated heterocycles. The molecule has 0 aromatic rings. The average molecular weight is 230 g/mol. The van der Waals surface area contributed by atoms with Gasteiger partial charge in [-0.3, -0.25) is 9.80 Å². The minimum Gasteiger partial charge on any atom is -0.279 e. The molecule has 0 radical (unpaired) electrons. The molecule has 1 aliphatic carbocycles. The van der Waals surface area contributed by atoms with Crippen molar-refractivity contribution in [3.05, 3.63) is 0 Å². The molecule has 92 valence electrons. The molecule has 0 aromatic carbocycles. The van der Waals surface area contributed by atoms with E-state index in [-0.39, 0.29) is 0 Å². The first kappa shape index (κ1) is 8.92. The van der Waals surface area contributed by atoms with Crippen LogP contribution in [0.15, 0.2) is 0 Å². The smallest absolute Gasteiger partial charge is 0.0806 e. The normalized spacial score (nSPS) is 67.1. The van der Waals surface area contributed by atoms with Crippen molar-refractivity contribution in [3.63, 3.8) is 0 Å². The van der Waals surface area contributed by atoms with Gasteiger partial charge in [0.2, 0.25) is 0 Å². The summed E-state index contributed by atoms with van der Waals surface area (Å²) in [5, 5.41) is 0. The van der Waals surface area contributed by atoms with E-state index in [1.54, 1.807) is 19.3 Å². The Morgan fingerprint density at radius 2 is 1.06 bits per heavy atom. The summed E-state index contributed by atoms with van der Waals surface area (Å²) in [5.74, 6) is 2.15. The lowest BCUT2D eigenvalue weighted by Gasteiger charge is -2.63. The van der Waals surface area contributed by atoms with Gasteiger partial charge in [-0.2, -0.15) is 0 Å². The zero-order valence-corrected chi connectivity index (χ0v) is 10.5. The van der Waals surface area contributed by atoms with Crippen molar-refractivity contribution < 1.29 is 0 Å². The lowest BCUT2D eigenvalue weighted by atomic mass is 9.62. The highest BCUT2D eigenvalue weighted by Gasteiger charge is 2.76. The van der Waals surface area contributed by atoms with E-state index in [0.717, 1.165) is 36.0 Å². The van der Waals surface area contributed by atoms with Crippen LogP contribution in [0.25, 0.3) is 0 Å². The molecular weight excluding hydrogens is 208 g/mol. The first-order chi connectivity index (χ1) is 8.39. The fraction of sp³-hybridized carbons (Fsp3) is 1.00. The Kier molecular flexibility index (Phi) is 1.29. The molecule has 6 rings (SSSR count). The van der Waals surface area contributed by atoms with Crippen LogP contribution in [0, 0.1) is 11.8 Å². The number of hydrogen-bond acceptors (Lipinski definition) is 2. The summed E-state index contributed by atoms with van der Waals surface area (Å²) in [5.41, 5.74) is 0.635. The molecule has 5 aliphatic heterocycles. The average Bonchev–Trinajstić information content (AvgIpc) is 3.00. The second-order valence-electron chi connectivity index (χ2n) is 7.70. The maximum Gasteiger partial charge on any atom is 0.0806 e. The second kappa shape index (κ2) is 2.46. The van der Waals surface area contributed by atoms with Gasteiger partial charge in [0.1, 0.15) is 0 Å². The summed E-state index contributed by atoms with van der Waals surface area (Å²) in [6.07, 6.45) is 12.3. The van der Waals surface area contributed by atoms with Crippen LogP contribution < -0.4 is 0 Å². The van der Waals surface area contributed by atoms with Crippen molar-refractivity contribution in [3.8, 4) is 0 Å².